The van der Waals surface area contributed by atoms with E-state index in [1.165, 1.54) is 0 Å². The Balaban J connectivity index is 0.00000529. The summed E-state index contributed by atoms with van der Waals surface area (Å²) >= 11 is 0. The van der Waals surface area contributed by atoms with Crippen LogP contribution >= 0.6 is 24.0 Å². The lowest BCUT2D eigenvalue weighted by Gasteiger charge is -2.08. The molecule has 0 radical (unpaired) electrons. The van der Waals surface area contributed by atoms with E-state index in [0.29, 0.717) is 32.3 Å². The fraction of sp³-hybridized carbons (Fsp3) is 0.533. The zero-order valence-electron chi connectivity index (χ0n) is 14.1. The van der Waals surface area contributed by atoms with Gasteiger partial charge in [0.25, 0.3) is 0 Å². The summed E-state index contributed by atoms with van der Waals surface area (Å²) in [6, 6.07) is 6.69. The van der Waals surface area contributed by atoms with Crippen molar-refractivity contribution in [3.8, 4) is 0 Å². The summed E-state index contributed by atoms with van der Waals surface area (Å²) in [4.78, 5) is 4.37. The van der Waals surface area contributed by atoms with Gasteiger partial charge in [0, 0.05) is 32.8 Å². The number of nitrogens with one attached hydrogen (secondary N) is 2. The van der Waals surface area contributed by atoms with Crippen molar-refractivity contribution in [2.24, 2.45) is 10.7 Å². The van der Waals surface area contributed by atoms with E-state index in [0.717, 1.165) is 12.0 Å². The number of hydrogen-bond acceptors (Lipinski definition) is 4. The first-order valence-electron chi connectivity index (χ1n) is 7.63. The molecule has 0 spiro atoms. The molecule has 0 fully saturated rings. The van der Waals surface area contributed by atoms with Crippen molar-refractivity contribution in [3.63, 3.8) is 0 Å². The number of hydrogen-bond donors (Lipinski definition) is 3. The number of rotatable bonds is 10. The Morgan fingerprint density at radius 1 is 1.25 bits per heavy atom. The number of ether oxygens (including phenoxy) is 1. The number of sulfonamides is 1. The number of guanidine groups is 1. The van der Waals surface area contributed by atoms with Crippen molar-refractivity contribution in [2.75, 3.05) is 32.8 Å². The molecule has 9 heteroatoms. The van der Waals surface area contributed by atoms with E-state index in [1.807, 2.05) is 13.8 Å². The van der Waals surface area contributed by atoms with Crippen LogP contribution in [0.3, 0.4) is 0 Å². The van der Waals surface area contributed by atoms with Crippen molar-refractivity contribution >= 4 is 40.0 Å². The maximum absolute atomic E-state index is 12.0. The highest BCUT2D eigenvalue weighted by atomic mass is 127. The van der Waals surface area contributed by atoms with Gasteiger partial charge in [-0.25, -0.2) is 13.1 Å². The van der Waals surface area contributed by atoms with Gasteiger partial charge in [-0.1, -0.05) is 17.7 Å². The van der Waals surface area contributed by atoms with Crippen LogP contribution in [-0.4, -0.2) is 47.2 Å². The van der Waals surface area contributed by atoms with Gasteiger partial charge in [-0.15, -0.1) is 24.0 Å². The highest BCUT2D eigenvalue weighted by Crippen LogP contribution is 2.09. The zero-order valence-corrected chi connectivity index (χ0v) is 17.3. The van der Waals surface area contributed by atoms with E-state index in [9.17, 15) is 8.42 Å². The van der Waals surface area contributed by atoms with Gasteiger partial charge in [0.15, 0.2) is 5.96 Å². The molecule has 0 unspecified atom stereocenters. The van der Waals surface area contributed by atoms with Crippen molar-refractivity contribution in [3.05, 3.63) is 29.8 Å². The third-order valence-corrected chi connectivity index (χ3v) is 4.46. The molecule has 1 aromatic carbocycles. The van der Waals surface area contributed by atoms with Crippen LogP contribution in [0.2, 0.25) is 0 Å². The lowest BCUT2D eigenvalue weighted by molar-refractivity contribution is 0.146. The average molecular weight is 470 g/mol. The highest BCUT2D eigenvalue weighted by molar-refractivity contribution is 14.0. The van der Waals surface area contributed by atoms with E-state index in [-0.39, 0.29) is 35.4 Å². The van der Waals surface area contributed by atoms with Crippen LogP contribution < -0.4 is 15.8 Å². The van der Waals surface area contributed by atoms with Crippen LogP contribution in [0.25, 0.3) is 0 Å². The Morgan fingerprint density at radius 3 is 2.54 bits per heavy atom. The SMILES string of the molecule is CCOCCCN=C(N)NCCNS(=O)(=O)c1ccc(C)cc1.I. The average Bonchev–Trinajstić information content (AvgIpc) is 2.52. The molecule has 24 heavy (non-hydrogen) atoms. The van der Waals surface area contributed by atoms with Crippen LogP contribution in [0, 0.1) is 6.92 Å². The lowest BCUT2D eigenvalue weighted by atomic mass is 10.2. The Morgan fingerprint density at radius 2 is 1.92 bits per heavy atom. The van der Waals surface area contributed by atoms with Crippen molar-refractivity contribution < 1.29 is 13.2 Å². The fourth-order valence-electron chi connectivity index (χ4n) is 1.74. The molecule has 4 N–H and O–H groups in total. The molecular formula is C15H27IN4O3S. The first-order valence-corrected chi connectivity index (χ1v) is 9.12. The minimum atomic E-state index is -3.49. The summed E-state index contributed by atoms with van der Waals surface area (Å²) in [5.41, 5.74) is 6.70. The summed E-state index contributed by atoms with van der Waals surface area (Å²) in [5, 5.41) is 2.87. The monoisotopic (exact) mass is 470 g/mol. The van der Waals surface area contributed by atoms with Crippen LogP contribution in [-0.2, 0) is 14.8 Å². The summed E-state index contributed by atoms with van der Waals surface area (Å²) in [6.45, 7) is 6.37. The number of nitrogens with zero attached hydrogens (tertiary/aromatic N) is 1. The van der Waals surface area contributed by atoms with Gasteiger partial charge in [0.1, 0.15) is 0 Å². The Kier molecular flexibility index (Phi) is 12.0. The molecule has 0 aliphatic rings. The summed E-state index contributed by atoms with van der Waals surface area (Å²) in [7, 11) is -3.49. The smallest absolute Gasteiger partial charge is 0.240 e. The Bertz CT molecular complexity index is 591. The number of nitrogens with two attached hydrogens (primary N) is 1. The maximum atomic E-state index is 12.0. The Hall–Kier alpha value is -0.910. The second kappa shape index (κ2) is 12.5. The van der Waals surface area contributed by atoms with Crippen LogP contribution in [0.5, 0.6) is 0 Å². The predicted molar refractivity (Wildman–Crippen MR) is 107 cm³/mol. The lowest BCUT2D eigenvalue weighted by Crippen LogP contribution is -2.38. The number of aryl methyl sites for hydroxylation is 1. The van der Waals surface area contributed by atoms with Gasteiger partial charge in [0.05, 0.1) is 4.90 Å². The zero-order chi connectivity index (χ0) is 17.1. The molecule has 0 aromatic heterocycles. The van der Waals surface area contributed by atoms with Gasteiger partial charge < -0.3 is 15.8 Å². The topological polar surface area (TPSA) is 106 Å². The van der Waals surface area contributed by atoms with Crippen molar-refractivity contribution in [1.29, 1.82) is 0 Å². The normalized spacial score (nSPS) is 11.8. The highest BCUT2D eigenvalue weighted by Gasteiger charge is 2.12. The molecule has 0 saturated carbocycles. The molecule has 0 aliphatic heterocycles. The molecule has 0 aliphatic carbocycles. The number of halogens is 1. The van der Waals surface area contributed by atoms with Gasteiger partial charge in [-0.05, 0) is 32.4 Å². The van der Waals surface area contributed by atoms with Gasteiger partial charge in [0.2, 0.25) is 10.0 Å². The number of benzene rings is 1. The van der Waals surface area contributed by atoms with E-state index >= 15 is 0 Å². The molecule has 0 bridgehead atoms. The maximum Gasteiger partial charge on any atom is 0.240 e. The standard InChI is InChI=1S/C15H26N4O3S.HI/c1-3-22-12-4-9-17-15(16)18-10-11-19-23(20,21)14-7-5-13(2)6-8-14;/h5-8,19H,3-4,9-12H2,1-2H3,(H3,16,17,18);1H. The third-order valence-electron chi connectivity index (χ3n) is 2.99. The minimum absolute atomic E-state index is 0. The largest absolute Gasteiger partial charge is 0.382 e. The van der Waals surface area contributed by atoms with E-state index in [2.05, 4.69) is 15.0 Å². The molecule has 0 atom stereocenters. The fourth-order valence-corrected chi connectivity index (χ4v) is 2.77. The molecule has 7 nitrogen and oxygen atoms in total. The molecule has 0 saturated heterocycles. The Labute approximate surface area is 161 Å². The van der Waals surface area contributed by atoms with Crippen LogP contribution in [0.15, 0.2) is 34.2 Å². The molecule has 0 amide bonds. The minimum Gasteiger partial charge on any atom is -0.382 e. The first kappa shape index (κ1) is 23.1. The predicted octanol–water partition coefficient (Wildman–Crippen LogP) is 1.22. The van der Waals surface area contributed by atoms with Gasteiger partial charge in [-0.2, -0.15) is 0 Å². The van der Waals surface area contributed by atoms with Crippen LogP contribution in [0.4, 0.5) is 0 Å². The first-order chi connectivity index (χ1) is 11.0. The number of aliphatic imine (C=N–C) groups is 1. The molecular weight excluding hydrogens is 443 g/mol. The van der Waals surface area contributed by atoms with E-state index in [1.54, 1.807) is 24.3 Å². The van der Waals surface area contributed by atoms with Crippen molar-refractivity contribution in [2.45, 2.75) is 25.2 Å². The molecule has 1 aromatic rings. The van der Waals surface area contributed by atoms with E-state index in [4.69, 9.17) is 10.5 Å². The van der Waals surface area contributed by atoms with Crippen molar-refractivity contribution in [1.82, 2.24) is 10.0 Å². The van der Waals surface area contributed by atoms with Crippen LogP contribution in [0.1, 0.15) is 18.9 Å². The second-order valence-corrected chi connectivity index (χ2v) is 6.72. The summed E-state index contributed by atoms with van der Waals surface area (Å²) < 4.78 is 31.8. The molecule has 0 heterocycles. The summed E-state index contributed by atoms with van der Waals surface area (Å²) in [5.74, 6) is 0.302. The summed E-state index contributed by atoms with van der Waals surface area (Å²) in [6.07, 6.45) is 0.802. The third kappa shape index (κ3) is 9.40. The van der Waals surface area contributed by atoms with Gasteiger partial charge in [-0.3, -0.25) is 4.99 Å². The van der Waals surface area contributed by atoms with Gasteiger partial charge >= 0.3 is 0 Å². The quantitative estimate of drug-likeness (QED) is 0.207. The molecule has 1 rings (SSSR count). The second-order valence-electron chi connectivity index (χ2n) is 4.96. The molecule has 138 valence electrons. The van der Waals surface area contributed by atoms with E-state index < -0.39 is 10.0 Å².